The van der Waals surface area contributed by atoms with E-state index in [-0.39, 0.29) is 18.7 Å². The molecule has 0 radical (unpaired) electrons. The molecule has 156 valence electrons. The molecule has 2 atom stereocenters. The Morgan fingerprint density at radius 1 is 1.17 bits per heavy atom. The van der Waals surface area contributed by atoms with Crippen molar-refractivity contribution in [3.8, 4) is 5.69 Å². The molecule has 0 saturated carbocycles. The normalized spacial score (nSPS) is 18.7. The summed E-state index contributed by atoms with van der Waals surface area (Å²) in [7, 11) is 0. The molecule has 0 aliphatic carbocycles. The Bertz CT molecular complexity index is 1050. The number of hydrogen-bond acceptors (Lipinski definition) is 3. The van der Waals surface area contributed by atoms with Gasteiger partial charge in [-0.15, -0.1) is 0 Å². The Labute approximate surface area is 190 Å². The minimum atomic E-state index is -0.0474. The first-order chi connectivity index (χ1) is 14.5. The van der Waals surface area contributed by atoms with E-state index < -0.39 is 0 Å². The number of pyridine rings is 1. The second-order valence-electron chi connectivity index (χ2n) is 7.54. The van der Waals surface area contributed by atoms with Gasteiger partial charge in [0.25, 0.3) is 0 Å². The van der Waals surface area contributed by atoms with Crippen LogP contribution in [0.15, 0.2) is 59.2 Å². The summed E-state index contributed by atoms with van der Waals surface area (Å²) in [5.41, 5.74) is 5.64. The lowest BCUT2D eigenvalue weighted by Gasteiger charge is -2.28. The van der Waals surface area contributed by atoms with E-state index in [1.54, 1.807) is 0 Å². The number of hydrogen-bond donors (Lipinski definition) is 2. The van der Waals surface area contributed by atoms with Gasteiger partial charge in [0, 0.05) is 40.9 Å². The second-order valence-corrected chi connectivity index (χ2v) is 8.84. The highest BCUT2D eigenvalue weighted by Crippen LogP contribution is 2.41. The minimum Gasteiger partial charge on any atom is -0.396 e. The standard InChI is InChI=1S/C23H25BrN4OS/c1-15-13-19(16(2)28(15)18-8-5-7-17(24)14-18)22-21(20-9-3-4-10-25-20)26-23(30)27(22)11-6-12-29/h3-5,7-10,13-14,21-22,29H,6,11-12H2,1-2H3,(H,26,30)/t21-,22-/m0/s1. The number of aliphatic hydroxyl groups is 1. The third-order valence-electron chi connectivity index (χ3n) is 5.61. The van der Waals surface area contributed by atoms with E-state index >= 15 is 0 Å². The summed E-state index contributed by atoms with van der Waals surface area (Å²) in [5, 5.41) is 13.6. The smallest absolute Gasteiger partial charge is 0.170 e. The second kappa shape index (κ2) is 8.88. The average Bonchev–Trinajstić information content (AvgIpc) is 3.22. The number of nitrogens with one attached hydrogen (secondary N) is 1. The zero-order valence-electron chi connectivity index (χ0n) is 17.0. The van der Waals surface area contributed by atoms with Crippen molar-refractivity contribution in [1.82, 2.24) is 19.8 Å². The van der Waals surface area contributed by atoms with Gasteiger partial charge in [0.2, 0.25) is 0 Å². The van der Waals surface area contributed by atoms with Gasteiger partial charge < -0.3 is 19.9 Å². The highest BCUT2D eigenvalue weighted by atomic mass is 79.9. The molecule has 3 heterocycles. The molecule has 2 N–H and O–H groups in total. The molecule has 1 aliphatic heterocycles. The molecule has 0 spiro atoms. The Hall–Kier alpha value is -2.22. The molecule has 4 rings (SSSR count). The van der Waals surface area contributed by atoms with Gasteiger partial charge in [-0.3, -0.25) is 4.98 Å². The Morgan fingerprint density at radius 3 is 2.70 bits per heavy atom. The van der Waals surface area contributed by atoms with Crippen molar-refractivity contribution in [1.29, 1.82) is 0 Å². The Balaban J connectivity index is 1.82. The van der Waals surface area contributed by atoms with E-state index in [0.29, 0.717) is 18.1 Å². The van der Waals surface area contributed by atoms with E-state index in [9.17, 15) is 5.11 Å². The number of aryl methyl sites for hydroxylation is 1. The van der Waals surface area contributed by atoms with E-state index in [2.05, 4.69) is 73.8 Å². The van der Waals surface area contributed by atoms with Crippen molar-refractivity contribution < 1.29 is 5.11 Å². The van der Waals surface area contributed by atoms with Gasteiger partial charge in [0.1, 0.15) is 0 Å². The van der Waals surface area contributed by atoms with Crippen LogP contribution in [-0.4, -0.2) is 37.8 Å². The third-order valence-corrected chi connectivity index (χ3v) is 6.46. The van der Waals surface area contributed by atoms with Crippen LogP contribution in [0.1, 0.15) is 41.1 Å². The monoisotopic (exact) mass is 484 g/mol. The maximum atomic E-state index is 9.42. The molecule has 0 bridgehead atoms. The number of aromatic nitrogens is 2. The minimum absolute atomic E-state index is 0.00560. The molecule has 3 aromatic rings. The van der Waals surface area contributed by atoms with Gasteiger partial charge >= 0.3 is 0 Å². The summed E-state index contributed by atoms with van der Waals surface area (Å²) in [6.45, 7) is 5.12. The van der Waals surface area contributed by atoms with Crippen molar-refractivity contribution in [2.75, 3.05) is 13.2 Å². The van der Waals surface area contributed by atoms with E-state index in [0.717, 1.165) is 15.9 Å². The number of nitrogens with zero attached hydrogens (tertiary/aromatic N) is 3. The van der Waals surface area contributed by atoms with Crippen molar-refractivity contribution in [3.05, 3.63) is 81.8 Å². The van der Waals surface area contributed by atoms with Crippen LogP contribution in [-0.2, 0) is 0 Å². The van der Waals surface area contributed by atoms with Crippen LogP contribution in [0.2, 0.25) is 0 Å². The Morgan fingerprint density at radius 2 is 2.00 bits per heavy atom. The third kappa shape index (κ3) is 3.89. The Kier molecular flexibility index (Phi) is 6.22. The van der Waals surface area contributed by atoms with E-state index in [4.69, 9.17) is 12.2 Å². The van der Waals surface area contributed by atoms with Gasteiger partial charge in [0.05, 0.1) is 17.8 Å². The fourth-order valence-corrected chi connectivity index (χ4v) is 5.04. The van der Waals surface area contributed by atoms with Crippen molar-refractivity contribution in [3.63, 3.8) is 0 Å². The zero-order valence-corrected chi connectivity index (χ0v) is 19.4. The summed E-state index contributed by atoms with van der Waals surface area (Å²) < 4.78 is 3.33. The summed E-state index contributed by atoms with van der Waals surface area (Å²) in [4.78, 5) is 6.80. The summed E-state index contributed by atoms with van der Waals surface area (Å²) in [6, 6.07) is 16.5. The van der Waals surface area contributed by atoms with Gasteiger partial charge in [-0.1, -0.05) is 28.1 Å². The summed E-state index contributed by atoms with van der Waals surface area (Å²) >= 11 is 9.28. The molecule has 5 nitrogen and oxygen atoms in total. The topological polar surface area (TPSA) is 53.3 Å². The maximum Gasteiger partial charge on any atom is 0.170 e. The molecule has 1 fully saturated rings. The van der Waals surface area contributed by atoms with Crippen LogP contribution >= 0.6 is 28.1 Å². The van der Waals surface area contributed by atoms with E-state index in [1.807, 2.05) is 30.5 Å². The van der Waals surface area contributed by atoms with Crippen LogP contribution in [0.3, 0.4) is 0 Å². The molecule has 0 unspecified atom stereocenters. The number of rotatable bonds is 6. The van der Waals surface area contributed by atoms with Gasteiger partial charge in [-0.2, -0.15) is 0 Å². The first kappa shape index (κ1) is 21.0. The summed E-state index contributed by atoms with van der Waals surface area (Å²) in [5.74, 6) is 0. The number of halogens is 1. The van der Waals surface area contributed by atoms with Crippen molar-refractivity contribution in [2.24, 2.45) is 0 Å². The molecule has 1 aliphatic rings. The SMILES string of the molecule is Cc1cc([C@H]2[C@H](c3ccccn3)NC(=S)N2CCCO)c(C)n1-c1cccc(Br)c1. The predicted octanol–water partition coefficient (Wildman–Crippen LogP) is 4.61. The van der Waals surface area contributed by atoms with Crippen LogP contribution in [0.25, 0.3) is 5.69 Å². The molecular formula is C23H25BrN4OS. The first-order valence-corrected chi connectivity index (χ1v) is 11.2. The maximum absolute atomic E-state index is 9.42. The van der Waals surface area contributed by atoms with Crippen molar-refractivity contribution in [2.45, 2.75) is 32.4 Å². The predicted molar refractivity (Wildman–Crippen MR) is 127 cm³/mol. The number of benzene rings is 1. The number of aliphatic hydroxyl groups excluding tert-OH is 1. The average molecular weight is 485 g/mol. The molecule has 2 aromatic heterocycles. The van der Waals surface area contributed by atoms with Crippen molar-refractivity contribution >= 4 is 33.3 Å². The summed E-state index contributed by atoms with van der Waals surface area (Å²) in [6.07, 6.45) is 2.48. The lowest BCUT2D eigenvalue weighted by atomic mass is 9.96. The largest absolute Gasteiger partial charge is 0.396 e. The van der Waals surface area contributed by atoms with Crippen LogP contribution in [0.4, 0.5) is 0 Å². The fraction of sp³-hybridized carbons (Fsp3) is 0.304. The molecule has 7 heteroatoms. The molecule has 30 heavy (non-hydrogen) atoms. The highest BCUT2D eigenvalue weighted by Gasteiger charge is 2.41. The van der Waals surface area contributed by atoms with Gasteiger partial charge in [-0.05, 0) is 74.4 Å². The molecule has 1 saturated heterocycles. The van der Waals surface area contributed by atoms with Gasteiger partial charge in [0.15, 0.2) is 5.11 Å². The van der Waals surface area contributed by atoms with Gasteiger partial charge in [-0.25, -0.2) is 0 Å². The van der Waals surface area contributed by atoms with Crippen LogP contribution in [0, 0.1) is 13.8 Å². The molecular weight excluding hydrogens is 460 g/mol. The fourth-order valence-electron chi connectivity index (χ4n) is 4.33. The van der Waals surface area contributed by atoms with Crippen LogP contribution in [0.5, 0.6) is 0 Å². The molecule has 1 aromatic carbocycles. The quantitative estimate of drug-likeness (QED) is 0.500. The van der Waals surface area contributed by atoms with Crippen LogP contribution < -0.4 is 5.32 Å². The highest BCUT2D eigenvalue weighted by molar-refractivity contribution is 9.10. The lowest BCUT2D eigenvalue weighted by Crippen LogP contribution is -2.31. The lowest BCUT2D eigenvalue weighted by molar-refractivity contribution is 0.247. The number of thiocarbonyl (C=S) groups is 1. The molecule has 0 amide bonds. The zero-order chi connectivity index (χ0) is 21.3. The first-order valence-electron chi connectivity index (χ1n) is 10.0. The van der Waals surface area contributed by atoms with E-state index in [1.165, 1.54) is 17.0 Å².